The Balaban J connectivity index is 1.23. The third kappa shape index (κ3) is 3.36. The Bertz CT molecular complexity index is 928. The molecule has 6 rings (SSSR count). The van der Waals surface area contributed by atoms with Crippen LogP contribution in [0.2, 0.25) is 0 Å². The lowest BCUT2D eigenvalue weighted by Crippen LogP contribution is -2.60. The van der Waals surface area contributed by atoms with Gasteiger partial charge in [0.25, 0.3) is 5.56 Å². The van der Waals surface area contributed by atoms with Crippen molar-refractivity contribution in [2.75, 3.05) is 0 Å². The zero-order valence-corrected chi connectivity index (χ0v) is 16.5. The lowest BCUT2D eigenvalue weighted by molar-refractivity contribution is -0.127. The first-order chi connectivity index (χ1) is 13.5. The molecule has 1 aromatic carbocycles. The summed E-state index contributed by atoms with van der Waals surface area (Å²) in [6.07, 6.45) is 8.77. The topological polar surface area (TPSA) is 74.8 Å². The molecule has 1 unspecified atom stereocenters. The van der Waals surface area contributed by atoms with Gasteiger partial charge in [-0.3, -0.25) is 9.59 Å². The number of nitrogens with zero attached hydrogens (tertiary/aromatic N) is 1. The number of carbonyl (C=O) groups is 1. The van der Waals surface area contributed by atoms with Crippen molar-refractivity contribution in [2.24, 2.45) is 23.7 Å². The van der Waals surface area contributed by atoms with Gasteiger partial charge in [-0.1, -0.05) is 19.1 Å². The Morgan fingerprint density at radius 1 is 1.18 bits per heavy atom. The number of amides is 1. The maximum atomic E-state index is 12.8. The van der Waals surface area contributed by atoms with Gasteiger partial charge in [0.15, 0.2) is 0 Å². The Labute approximate surface area is 165 Å². The second-order valence-electron chi connectivity index (χ2n) is 9.79. The fourth-order valence-corrected chi connectivity index (χ4v) is 6.56. The Kier molecular flexibility index (Phi) is 4.29. The molecule has 5 nitrogen and oxygen atoms in total. The molecule has 1 aromatic heterocycles. The van der Waals surface area contributed by atoms with E-state index in [1.165, 1.54) is 38.5 Å². The average Bonchev–Trinajstić information content (AvgIpc) is 2.59. The summed E-state index contributed by atoms with van der Waals surface area (Å²) in [5.41, 5.74) is 0.679. The molecular weight excluding hydrogens is 350 g/mol. The van der Waals surface area contributed by atoms with Gasteiger partial charge in [-0.05, 0) is 74.3 Å². The first-order valence-electron chi connectivity index (χ1n) is 10.8. The van der Waals surface area contributed by atoms with Crippen LogP contribution in [0.3, 0.4) is 0 Å². The van der Waals surface area contributed by atoms with Crippen LogP contribution < -0.4 is 10.9 Å². The van der Waals surface area contributed by atoms with Crippen LogP contribution >= 0.6 is 0 Å². The second kappa shape index (κ2) is 6.71. The van der Waals surface area contributed by atoms with E-state index in [4.69, 9.17) is 0 Å². The van der Waals surface area contributed by atoms with Crippen LogP contribution in [0.1, 0.15) is 57.7 Å². The van der Waals surface area contributed by atoms with Crippen molar-refractivity contribution >= 4 is 16.8 Å². The number of benzene rings is 1. The first-order valence-corrected chi connectivity index (χ1v) is 10.8. The van der Waals surface area contributed by atoms with Crippen LogP contribution in [-0.4, -0.2) is 21.4 Å². The molecule has 4 saturated carbocycles. The van der Waals surface area contributed by atoms with E-state index >= 15 is 0 Å². The molecule has 1 atom stereocenters. The summed E-state index contributed by atoms with van der Waals surface area (Å²) >= 11 is 0. The van der Waals surface area contributed by atoms with Gasteiger partial charge >= 0.3 is 0 Å². The minimum Gasteiger partial charge on any atom is -0.351 e. The number of hydrogen-bond donors (Lipinski definition) is 2. The molecular formula is C23H29N3O2. The van der Waals surface area contributed by atoms with Crippen molar-refractivity contribution < 1.29 is 4.79 Å². The molecule has 4 fully saturated rings. The Morgan fingerprint density at radius 3 is 2.50 bits per heavy atom. The fraction of sp³-hybridized carbons (Fsp3) is 0.609. The molecule has 0 saturated heterocycles. The highest BCUT2D eigenvalue weighted by Gasteiger charge is 2.51. The molecule has 4 aliphatic rings. The summed E-state index contributed by atoms with van der Waals surface area (Å²) in [5.74, 6) is 3.46. The number of aromatic nitrogens is 2. The fourth-order valence-electron chi connectivity index (χ4n) is 6.56. The summed E-state index contributed by atoms with van der Waals surface area (Å²) in [7, 11) is 0. The van der Waals surface area contributed by atoms with Gasteiger partial charge in [-0.15, -0.1) is 0 Å². The van der Waals surface area contributed by atoms with Crippen molar-refractivity contribution in [2.45, 2.75) is 63.8 Å². The van der Waals surface area contributed by atoms with Crippen LogP contribution in [0, 0.1) is 23.7 Å². The highest BCUT2D eigenvalue weighted by atomic mass is 16.1. The van der Waals surface area contributed by atoms with E-state index in [-0.39, 0.29) is 22.9 Å². The molecule has 5 heteroatoms. The van der Waals surface area contributed by atoms with E-state index in [1.54, 1.807) is 6.07 Å². The molecule has 2 aromatic rings. The van der Waals surface area contributed by atoms with E-state index in [0.717, 1.165) is 17.8 Å². The van der Waals surface area contributed by atoms with E-state index < -0.39 is 0 Å². The molecule has 2 N–H and O–H groups in total. The van der Waals surface area contributed by atoms with Crippen LogP contribution in [0.15, 0.2) is 29.1 Å². The number of H-pyrrole nitrogens is 1. The third-order valence-electron chi connectivity index (χ3n) is 7.18. The molecule has 148 valence electrons. The van der Waals surface area contributed by atoms with Crippen molar-refractivity contribution in [1.82, 2.24) is 15.3 Å². The van der Waals surface area contributed by atoms with E-state index in [9.17, 15) is 9.59 Å². The van der Waals surface area contributed by atoms with Crippen LogP contribution in [-0.2, 0) is 11.2 Å². The van der Waals surface area contributed by atoms with Crippen molar-refractivity contribution in [3.05, 3.63) is 40.4 Å². The molecule has 1 heterocycles. The highest BCUT2D eigenvalue weighted by Crippen LogP contribution is 2.55. The van der Waals surface area contributed by atoms with Crippen molar-refractivity contribution in [3.8, 4) is 0 Å². The summed E-state index contributed by atoms with van der Waals surface area (Å²) < 4.78 is 0. The van der Waals surface area contributed by atoms with Gasteiger partial charge < -0.3 is 10.3 Å². The standard InChI is InChI=1S/C23H29N3O2/c1-14(6-20-24-19-5-3-2-4-18(19)22(28)25-20)7-21(27)26-23-11-15-8-16(12-23)10-17(9-15)13-23/h2-5,14-17H,6-13H2,1H3,(H,26,27)(H,24,25,28). The summed E-state index contributed by atoms with van der Waals surface area (Å²) in [5, 5.41) is 4.06. The highest BCUT2D eigenvalue weighted by molar-refractivity contribution is 5.78. The molecule has 0 spiro atoms. The number of hydrogen-bond acceptors (Lipinski definition) is 3. The zero-order valence-electron chi connectivity index (χ0n) is 16.5. The largest absolute Gasteiger partial charge is 0.351 e. The van der Waals surface area contributed by atoms with Crippen LogP contribution in [0.25, 0.3) is 10.9 Å². The quantitative estimate of drug-likeness (QED) is 0.834. The number of carbonyl (C=O) groups excluding carboxylic acids is 1. The summed E-state index contributed by atoms with van der Waals surface area (Å²) in [4.78, 5) is 32.5. The monoisotopic (exact) mass is 379 g/mol. The summed E-state index contributed by atoms with van der Waals surface area (Å²) in [6, 6.07) is 7.38. The Morgan fingerprint density at radius 2 is 1.82 bits per heavy atom. The van der Waals surface area contributed by atoms with E-state index in [2.05, 4.69) is 22.2 Å². The normalized spacial score (nSPS) is 31.8. The van der Waals surface area contributed by atoms with Gasteiger partial charge in [0.2, 0.25) is 5.91 Å². The van der Waals surface area contributed by atoms with Crippen molar-refractivity contribution in [1.29, 1.82) is 0 Å². The number of nitrogens with one attached hydrogen (secondary N) is 2. The average molecular weight is 380 g/mol. The van der Waals surface area contributed by atoms with E-state index in [1.807, 2.05) is 18.2 Å². The molecule has 28 heavy (non-hydrogen) atoms. The minimum atomic E-state index is -0.106. The van der Waals surface area contributed by atoms with Crippen molar-refractivity contribution in [3.63, 3.8) is 0 Å². The number of para-hydroxylation sites is 1. The second-order valence-corrected chi connectivity index (χ2v) is 9.79. The van der Waals surface area contributed by atoms with Gasteiger partial charge in [0.1, 0.15) is 5.82 Å². The van der Waals surface area contributed by atoms with E-state index in [0.29, 0.717) is 29.6 Å². The molecule has 1 amide bonds. The van der Waals surface area contributed by atoms with Crippen LogP contribution in [0.4, 0.5) is 0 Å². The van der Waals surface area contributed by atoms with Crippen LogP contribution in [0.5, 0.6) is 0 Å². The lowest BCUT2D eigenvalue weighted by Gasteiger charge is -2.57. The van der Waals surface area contributed by atoms with Gasteiger partial charge in [0, 0.05) is 18.4 Å². The lowest BCUT2D eigenvalue weighted by atomic mass is 9.53. The number of fused-ring (bicyclic) bond motifs is 1. The van der Waals surface area contributed by atoms with Gasteiger partial charge in [-0.25, -0.2) is 4.98 Å². The minimum absolute atomic E-state index is 0.0705. The maximum Gasteiger partial charge on any atom is 0.258 e. The zero-order chi connectivity index (χ0) is 19.3. The SMILES string of the molecule is CC(CC(=O)NC12CC3CC(CC(C3)C1)C2)Cc1nc2ccccc2c(=O)[nH]1. The number of aromatic amines is 1. The molecule has 4 aliphatic carbocycles. The Hall–Kier alpha value is -2.17. The first kappa shape index (κ1) is 17.9. The summed E-state index contributed by atoms with van der Waals surface area (Å²) in [6.45, 7) is 2.06. The molecule has 0 radical (unpaired) electrons. The van der Waals surface area contributed by atoms with Gasteiger partial charge in [0.05, 0.1) is 10.9 Å². The predicted octanol–water partition coefficient (Wildman–Crippen LogP) is 3.58. The predicted molar refractivity (Wildman–Crippen MR) is 109 cm³/mol. The molecule has 0 aliphatic heterocycles. The molecule has 4 bridgehead atoms. The smallest absolute Gasteiger partial charge is 0.258 e. The number of rotatable bonds is 5. The third-order valence-corrected chi connectivity index (χ3v) is 7.18. The maximum absolute atomic E-state index is 12.8. The van der Waals surface area contributed by atoms with Gasteiger partial charge in [-0.2, -0.15) is 0 Å².